The molecule has 0 spiro atoms. The molecule has 6 heteroatoms. The van der Waals surface area contributed by atoms with Crippen LogP contribution in [0.2, 0.25) is 5.02 Å². The first-order valence-electron chi connectivity index (χ1n) is 7.74. The number of nitrogens with zero attached hydrogens (tertiary/aromatic N) is 1. The molecule has 4 nitrogen and oxygen atoms in total. The van der Waals surface area contributed by atoms with Crippen molar-refractivity contribution in [3.05, 3.63) is 53.1 Å². The highest BCUT2D eigenvalue weighted by molar-refractivity contribution is 7.80. The van der Waals surface area contributed by atoms with Crippen molar-refractivity contribution in [1.82, 2.24) is 5.32 Å². The molecule has 1 saturated heterocycles. The van der Waals surface area contributed by atoms with E-state index in [-0.39, 0.29) is 6.04 Å². The lowest BCUT2D eigenvalue weighted by Gasteiger charge is -2.52. The zero-order valence-electron chi connectivity index (χ0n) is 13.4. The summed E-state index contributed by atoms with van der Waals surface area (Å²) in [5, 5.41) is 4.76. The van der Waals surface area contributed by atoms with E-state index >= 15 is 0 Å². The van der Waals surface area contributed by atoms with E-state index in [2.05, 4.69) is 18.3 Å². The highest BCUT2D eigenvalue weighted by Gasteiger charge is 2.49. The van der Waals surface area contributed by atoms with E-state index < -0.39 is 5.72 Å². The van der Waals surface area contributed by atoms with E-state index in [4.69, 9.17) is 33.3 Å². The van der Waals surface area contributed by atoms with Crippen LogP contribution in [0.4, 0.5) is 5.69 Å². The lowest BCUT2D eigenvalue weighted by Crippen LogP contribution is -2.65. The number of methoxy groups -OCH3 is 1. The Balaban J connectivity index is 1.81. The summed E-state index contributed by atoms with van der Waals surface area (Å²) in [4.78, 5) is 2.00. The van der Waals surface area contributed by atoms with E-state index in [0.717, 1.165) is 29.2 Å². The average Bonchev–Trinajstić information content (AvgIpc) is 2.55. The Hall–Kier alpha value is -1.98. The molecule has 4 rings (SSSR count). The maximum absolute atomic E-state index is 6.42. The fourth-order valence-corrected chi connectivity index (χ4v) is 4.07. The van der Waals surface area contributed by atoms with Crippen LogP contribution >= 0.6 is 23.8 Å². The van der Waals surface area contributed by atoms with Crippen LogP contribution in [0.5, 0.6) is 11.5 Å². The van der Waals surface area contributed by atoms with Crippen molar-refractivity contribution in [2.45, 2.75) is 25.1 Å². The molecule has 0 aliphatic carbocycles. The predicted molar refractivity (Wildman–Crippen MR) is 99.0 cm³/mol. The Labute approximate surface area is 151 Å². The molecule has 1 fully saturated rings. The lowest BCUT2D eigenvalue weighted by molar-refractivity contribution is 0.0464. The topological polar surface area (TPSA) is 33.7 Å². The molecule has 0 aromatic heterocycles. The van der Waals surface area contributed by atoms with E-state index in [9.17, 15) is 0 Å². The number of rotatable bonds is 2. The highest BCUT2D eigenvalue weighted by atomic mass is 35.5. The molecule has 1 N–H and O–H groups in total. The molecule has 2 aliphatic heterocycles. The average molecular weight is 361 g/mol. The first-order chi connectivity index (χ1) is 11.5. The number of thiocarbonyl (C=S) groups is 1. The minimum absolute atomic E-state index is 0.102. The van der Waals surface area contributed by atoms with Gasteiger partial charge in [-0.2, -0.15) is 0 Å². The molecular formula is C18H17ClN2O2S. The summed E-state index contributed by atoms with van der Waals surface area (Å²) in [5.41, 5.74) is 1.42. The number of hydrogen-bond acceptors (Lipinski definition) is 3. The highest BCUT2D eigenvalue weighted by Crippen LogP contribution is 2.49. The molecule has 2 aromatic rings. The second-order valence-electron chi connectivity index (χ2n) is 6.17. The summed E-state index contributed by atoms with van der Waals surface area (Å²) < 4.78 is 11.9. The van der Waals surface area contributed by atoms with Gasteiger partial charge in [0.25, 0.3) is 0 Å². The molecule has 2 aromatic carbocycles. The van der Waals surface area contributed by atoms with Crippen molar-refractivity contribution in [2.75, 3.05) is 12.0 Å². The SMILES string of the molecule is COc1cccc2c1O[C@@]1(C)C[C@H]2NC(=S)N1c1ccc(Cl)cc1. The summed E-state index contributed by atoms with van der Waals surface area (Å²) in [7, 11) is 1.65. The number of nitrogens with one attached hydrogen (secondary N) is 1. The Morgan fingerprint density at radius 2 is 2.04 bits per heavy atom. The summed E-state index contributed by atoms with van der Waals surface area (Å²) in [6.45, 7) is 2.05. The molecular weight excluding hydrogens is 344 g/mol. The van der Waals surface area contributed by atoms with Gasteiger partial charge in [0.05, 0.1) is 13.2 Å². The molecule has 2 atom stereocenters. The Morgan fingerprint density at radius 3 is 2.75 bits per heavy atom. The number of hydrogen-bond donors (Lipinski definition) is 1. The number of anilines is 1. The zero-order valence-corrected chi connectivity index (χ0v) is 14.9. The second kappa shape index (κ2) is 5.53. The molecule has 0 unspecified atom stereocenters. The van der Waals surface area contributed by atoms with Gasteiger partial charge in [0.2, 0.25) is 0 Å². The standard InChI is InChI=1S/C18H17ClN2O2S/c1-18-10-14(13-4-3-5-15(22-2)16(13)23-18)20-17(24)21(18)12-8-6-11(19)7-9-12/h3-9,14H,10H2,1-2H3,(H,20,24)/t14-,18+/m1/s1. The van der Waals surface area contributed by atoms with E-state index in [1.54, 1.807) is 7.11 Å². The van der Waals surface area contributed by atoms with Crippen molar-refractivity contribution in [3.8, 4) is 11.5 Å². The molecule has 0 radical (unpaired) electrons. The van der Waals surface area contributed by atoms with Gasteiger partial charge in [-0.05, 0) is 49.5 Å². The van der Waals surface area contributed by atoms with Crippen LogP contribution in [0.3, 0.4) is 0 Å². The van der Waals surface area contributed by atoms with Crippen LogP contribution in [0.15, 0.2) is 42.5 Å². The zero-order chi connectivity index (χ0) is 16.9. The van der Waals surface area contributed by atoms with Crippen LogP contribution in [0.1, 0.15) is 24.9 Å². The summed E-state index contributed by atoms with van der Waals surface area (Å²) in [6.07, 6.45) is 0.774. The van der Waals surface area contributed by atoms with Gasteiger partial charge >= 0.3 is 0 Å². The smallest absolute Gasteiger partial charge is 0.188 e. The molecule has 124 valence electrons. The van der Waals surface area contributed by atoms with Crippen molar-refractivity contribution in [1.29, 1.82) is 0 Å². The minimum atomic E-state index is -0.595. The number of fused-ring (bicyclic) bond motifs is 4. The Bertz CT molecular complexity index is 811. The molecule has 2 aliphatic rings. The Kier molecular flexibility index (Phi) is 3.58. The van der Waals surface area contributed by atoms with Gasteiger partial charge in [0.1, 0.15) is 0 Å². The van der Waals surface area contributed by atoms with Crippen LogP contribution in [0, 0.1) is 0 Å². The van der Waals surface area contributed by atoms with Crippen molar-refractivity contribution >= 4 is 34.6 Å². The monoisotopic (exact) mass is 360 g/mol. The fraction of sp³-hybridized carbons (Fsp3) is 0.278. The van der Waals surface area contributed by atoms with Gasteiger partial charge < -0.3 is 14.8 Å². The second-order valence-corrected chi connectivity index (χ2v) is 7.00. The summed E-state index contributed by atoms with van der Waals surface area (Å²) in [6, 6.07) is 13.6. The number of para-hydroxylation sites is 1. The largest absolute Gasteiger partial charge is 0.493 e. The van der Waals surface area contributed by atoms with Gasteiger partial charge in [-0.15, -0.1) is 0 Å². The predicted octanol–water partition coefficient (Wildman–Crippen LogP) is 4.28. The van der Waals surface area contributed by atoms with Gasteiger partial charge in [-0.1, -0.05) is 23.7 Å². The maximum Gasteiger partial charge on any atom is 0.188 e. The van der Waals surface area contributed by atoms with Gasteiger partial charge in [-0.25, -0.2) is 0 Å². The van der Waals surface area contributed by atoms with Crippen molar-refractivity contribution < 1.29 is 9.47 Å². The van der Waals surface area contributed by atoms with Crippen molar-refractivity contribution in [3.63, 3.8) is 0 Å². The Morgan fingerprint density at radius 1 is 1.29 bits per heavy atom. The number of ether oxygens (including phenoxy) is 2. The van der Waals surface area contributed by atoms with E-state index in [1.807, 2.05) is 41.3 Å². The normalized spacial score (nSPS) is 24.7. The van der Waals surface area contributed by atoms with Crippen LogP contribution in [-0.4, -0.2) is 17.9 Å². The van der Waals surface area contributed by atoms with Crippen LogP contribution < -0.4 is 19.7 Å². The number of halogens is 1. The van der Waals surface area contributed by atoms with Crippen LogP contribution in [-0.2, 0) is 0 Å². The molecule has 2 bridgehead atoms. The van der Waals surface area contributed by atoms with Gasteiger partial charge in [0, 0.05) is 22.7 Å². The first kappa shape index (κ1) is 15.5. The molecule has 24 heavy (non-hydrogen) atoms. The quantitative estimate of drug-likeness (QED) is 0.808. The molecule has 0 amide bonds. The lowest BCUT2D eigenvalue weighted by atomic mass is 9.90. The number of benzene rings is 2. The third-order valence-corrected chi connectivity index (χ3v) is 5.12. The third-order valence-electron chi connectivity index (χ3n) is 4.57. The first-order valence-corrected chi connectivity index (χ1v) is 8.53. The third kappa shape index (κ3) is 2.31. The minimum Gasteiger partial charge on any atom is -0.493 e. The van der Waals surface area contributed by atoms with E-state index in [0.29, 0.717) is 10.1 Å². The maximum atomic E-state index is 6.42. The summed E-state index contributed by atoms with van der Waals surface area (Å²) in [5.74, 6) is 1.50. The van der Waals surface area contributed by atoms with Gasteiger partial charge in [-0.3, -0.25) is 4.90 Å². The van der Waals surface area contributed by atoms with E-state index in [1.165, 1.54) is 0 Å². The van der Waals surface area contributed by atoms with Crippen molar-refractivity contribution in [2.24, 2.45) is 0 Å². The van der Waals surface area contributed by atoms with Gasteiger partial charge in [0.15, 0.2) is 22.3 Å². The molecule has 0 saturated carbocycles. The summed E-state index contributed by atoms with van der Waals surface area (Å²) >= 11 is 11.6. The molecule has 2 heterocycles. The van der Waals surface area contributed by atoms with Crippen LogP contribution in [0.25, 0.3) is 0 Å². The fourth-order valence-electron chi connectivity index (χ4n) is 3.50.